The molecule has 0 radical (unpaired) electrons. The molecule has 0 aliphatic heterocycles. The maximum absolute atomic E-state index is 7.17. The minimum atomic E-state index is -2.17. The van der Waals surface area contributed by atoms with Gasteiger partial charge >= 0.3 is 117 Å². The Morgan fingerprint density at radius 3 is 1.17 bits per heavy atom. The van der Waals surface area contributed by atoms with E-state index in [1.54, 1.807) is 0 Å². The van der Waals surface area contributed by atoms with Gasteiger partial charge in [0.15, 0.2) is 0 Å². The predicted molar refractivity (Wildman–Crippen MR) is 14.6 cm³/mol. The van der Waals surface area contributed by atoms with E-state index in [4.69, 9.17) is 15.1 Å². The smallest absolute Gasteiger partial charge is 1.00 e. The van der Waals surface area contributed by atoms with Gasteiger partial charge in [-0.1, -0.05) is 0 Å². The zero-order valence-electron chi connectivity index (χ0n) is 5.92. The molecule has 0 saturated carbocycles. The summed E-state index contributed by atoms with van der Waals surface area (Å²) in [4.78, 5) is 0. The van der Waals surface area contributed by atoms with E-state index in [1.165, 1.54) is 0 Å². The standard InChI is InChI=1S/BH3O3.K.Rb.2H/c2-1(3)4;;;;/h2-4H;;;;/q;2*+1;2*-1. The molecule has 0 rings (SSSR count). The van der Waals surface area contributed by atoms with E-state index in [0.29, 0.717) is 0 Å². The first-order valence-electron chi connectivity index (χ1n) is 0.775. The van der Waals surface area contributed by atoms with E-state index < -0.39 is 7.32 Å². The molecule has 0 saturated heterocycles. The van der Waals surface area contributed by atoms with E-state index >= 15 is 0 Å². The number of hydrogen-bond donors (Lipinski definition) is 3. The van der Waals surface area contributed by atoms with Crippen molar-refractivity contribution in [3.63, 3.8) is 0 Å². The van der Waals surface area contributed by atoms with Crippen molar-refractivity contribution in [1.29, 1.82) is 0 Å². The Bertz CT molecular complexity index is 22.0. The Balaban J connectivity index is -0.00000000750. The molecule has 0 aliphatic rings. The molecule has 0 bridgehead atoms. The van der Waals surface area contributed by atoms with Crippen LogP contribution in [0.25, 0.3) is 0 Å². The molecule has 0 amide bonds. The van der Waals surface area contributed by atoms with Gasteiger partial charge < -0.3 is 17.9 Å². The van der Waals surface area contributed by atoms with Gasteiger partial charge in [0.1, 0.15) is 0 Å². The van der Waals surface area contributed by atoms with Crippen LogP contribution >= 0.6 is 0 Å². The van der Waals surface area contributed by atoms with Gasteiger partial charge in [-0.2, -0.15) is 0 Å². The average Bonchev–Trinajstić information content (AvgIpc) is 0.811. The summed E-state index contributed by atoms with van der Waals surface area (Å²) in [6, 6.07) is 0. The molecule has 28 valence electrons. The largest absolute Gasteiger partial charge is 1.00 e. The van der Waals surface area contributed by atoms with Gasteiger partial charge in [-0.05, 0) is 0 Å². The summed E-state index contributed by atoms with van der Waals surface area (Å²) in [6.07, 6.45) is 0. The second kappa shape index (κ2) is 11.2. The Kier molecular flexibility index (Phi) is 30.3. The zero-order valence-corrected chi connectivity index (χ0v) is 12.0. The van der Waals surface area contributed by atoms with Crippen LogP contribution < -0.4 is 110 Å². The summed E-state index contributed by atoms with van der Waals surface area (Å²) in [6.45, 7) is 0. The summed E-state index contributed by atoms with van der Waals surface area (Å²) >= 11 is 0. The van der Waals surface area contributed by atoms with E-state index in [9.17, 15) is 0 Å². The summed E-state index contributed by atoms with van der Waals surface area (Å²) in [5.41, 5.74) is 0. The van der Waals surface area contributed by atoms with Crippen molar-refractivity contribution >= 4 is 7.32 Å². The minimum Gasteiger partial charge on any atom is -1.00 e. The molecule has 0 atom stereocenters. The molecule has 0 aromatic carbocycles. The van der Waals surface area contributed by atoms with E-state index in [1.807, 2.05) is 0 Å². The van der Waals surface area contributed by atoms with Crippen LogP contribution in [0.3, 0.4) is 0 Å². The molecule has 0 aromatic rings. The first-order chi connectivity index (χ1) is 1.73. The summed E-state index contributed by atoms with van der Waals surface area (Å²) in [5, 5.41) is 21.5. The van der Waals surface area contributed by atoms with Crippen LogP contribution in [0.5, 0.6) is 0 Å². The SMILES string of the molecule is OB(O)O.[H-].[H-].[K+].[Rb+]. The Morgan fingerprint density at radius 2 is 1.17 bits per heavy atom. The van der Waals surface area contributed by atoms with Crippen LogP contribution in [0.15, 0.2) is 0 Å². The van der Waals surface area contributed by atoms with E-state index in [2.05, 4.69) is 0 Å². The molecule has 0 aliphatic carbocycles. The quantitative estimate of drug-likeness (QED) is 0.331. The molecule has 6 heteroatoms. The second-order valence-electron chi connectivity index (χ2n) is 0.346. The van der Waals surface area contributed by atoms with Gasteiger partial charge in [0.25, 0.3) is 0 Å². The predicted octanol–water partition coefficient (Wildman–Crippen LogP) is -7.82. The van der Waals surface area contributed by atoms with Crippen molar-refractivity contribution in [1.82, 2.24) is 0 Å². The van der Waals surface area contributed by atoms with E-state index in [-0.39, 0.29) is 112 Å². The fraction of sp³-hybridized carbons (Fsp3) is 0. The van der Waals surface area contributed by atoms with Crippen LogP contribution in [0.2, 0.25) is 0 Å². The van der Waals surface area contributed by atoms with Crippen molar-refractivity contribution in [2.24, 2.45) is 0 Å². The second-order valence-corrected chi connectivity index (χ2v) is 0.346. The van der Waals surface area contributed by atoms with Crippen LogP contribution in [0.1, 0.15) is 2.85 Å². The fourth-order valence-electron chi connectivity index (χ4n) is 0. The Morgan fingerprint density at radius 1 is 1.17 bits per heavy atom. The Labute approximate surface area is 131 Å². The van der Waals surface area contributed by atoms with Crippen molar-refractivity contribution in [2.45, 2.75) is 0 Å². The molecule has 0 spiro atoms. The van der Waals surface area contributed by atoms with Gasteiger partial charge in [0, 0.05) is 0 Å². The summed E-state index contributed by atoms with van der Waals surface area (Å²) in [7, 11) is -2.17. The monoisotopic (exact) mass is 188 g/mol. The first-order valence-corrected chi connectivity index (χ1v) is 0.775. The molecule has 0 unspecified atom stereocenters. The van der Waals surface area contributed by atoms with Crippen LogP contribution in [-0.2, 0) is 0 Å². The third kappa shape index (κ3) is 26.3. The van der Waals surface area contributed by atoms with Gasteiger partial charge in [0.05, 0.1) is 0 Å². The minimum absolute atomic E-state index is 0. The molecule has 3 nitrogen and oxygen atoms in total. The Hall–Kier alpha value is 3.39. The van der Waals surface area contributed by atoms with Crippen LogP contribution in [-0.4, -0.2) is 22.4 Å². The normalized spacial score (nSPS) is 4.50. The number of hydrogen-bond acceptors (Lipinski definition) is 3. The third-order valence-electron chi connectivity index (χ3n) is 0. The number of rotatable bonds is 0. The maximum Gasteiger partial charge on any atom is 1.00 e. The molecule has 0 heterocycles. The van der Waals surface area contributed by atoms with Gasteiger partial charge in [0.2, 0.25) is 0 Å². The topological polar surface area (TPSA) is 60.7 Å². The zero-order chi connectivity index (χ0) is 3.58. The third-order valence-corrected chi connectivity index (χ3v) is 0. The van der Waals surface area contributed by atoms with Crippen molar-refractivity contribution in [2.75, 3.05) is 0 Å². The molecular weight excluding hydrogens is 183 g/mol. The molecule has 6 heavy (non-hydrogen) atoms. The molecule has 3 N–H and O–H groups in total. The van der Waals surface area contributed by atoms with Gasteiger partial charge in [-0.25, -0.2) is 0 Å². The van der Waals surface area contributed by atoms with Crippen molar-refractivity contribution in [3.05, 3.63) is 0 Å². The summed E-state index contributed by atoms with van der Waals surface area (Å²) < 4.78 is 0. The van der Waals surface area contributed by atoms with Gasteiger partial charge in [-0.3, -0.25) is 0 Å². The average molecular weight is 188 g/mol. The van der Waals surface area contributed by atoms with E-state index in [0.717, 1.165) is 0 Å². The first kappa shape index (κ1) is 16.2. The summed E-state index contributed by atoms with van der Waals surface area (Å²) in [5.74, 6) is 0. The molecule has 0 fully saturated rings. The maximum atomic E-state index is 7.17. The molecular formula is H5BKO3Rb. The van der Waals surface area contributed by atoms with Crippen LogP contribution in [0, 0.1) is 0 Å². The van der Waals surface area contributed by atoms with Crippen molar-refractivity contribution < 1.29 is 127 Å². The van der Waals surface area contributed by atoms with Gasteiger partial charge in [-0.15, -0.1) is 0 Å². The molecule has 0 aromatic heterocycles. The fourth-order valence-corrected chi connectivity index (χ4v) is 0. The van der Waals surface area contributed by atoms with Crippen molar-refractivity contribution in [3.8, 4) is 0 Å². The van der Waals surface area contributed by atoms with Crippen LogP contribution in [0.4, 0.5) is 0 Å².